The van der Waals surface area contributed by atoms with Crippen LogP contribution >= 0.6 is 23.2 Å². The van der Waals surface area contributed by atoms with Gasteiger partial charge >= 0.3 is 5.69 Å². The molecule has 2 atom stereocenters. The molecule has 5 rings (SSSR count). The lowest BCUT2D eigenvalue weighted by molar-refractivity contribution is 0.208. The van der Waals surface area contributed by atoms with Gasteiger partial charge in [0.2, 0.25) is 0 Å². The third kappa shape index (κ3) is 7.58. The van der Waals surface area contributed by atoms with Crippen LogP contribution < -0.4 is 26.4 Å². The minimum Gasteiger partial charge on any atom is -0.487 e. The molecule has 0 bridgehead atoms. The molecule has 11 nitrogen and oxygen atoms in total. The Bertz CT molecular complexity index is 1580. The number of H-pyrrole nitrogens is 2. The number of benzene rings is 2. The van der Waals surface area contributed by atoms with Gasteiger partial charge in [-0.2, -0.15) is 0 Å². The number of aromatic nitrogens is 2. The maximum absolute atomic E-state index is 12.4. The van der Waals surface area contributed by atoms with Gasteiger partial charge in [-0.15, -0.1) is 0 Å². The van der Waals surface area contributed by atoms with E-state index in [1.54, 1.807) is 0 Å². The van der Waals surface area contributed by atoms with Crippen molar-refractivity contribution in [2.24, 2.45) is 0 Å². The second kappa shape index (κ2) is 12.6. The van der Waals surface area contributed by atoms with Crippen LogP contribution in [0.1, 0.15) is 24.3 Å². The van der Waals surface area contributed by atoms with E-state index in [1.807, 2.05) is 30.2 Å². The van der Waals surface area contributed by atoms with E-state index in [-0.39, 0.29) is 11.8 Å². The molecule has 14 heteroatoms. The molecule has 2 aliphatic rings. The summed E-state index contributed by atoms with van der Waals surface area (Å²) in [6.45, 7) is 3.89. The number of halogens is 2. The van der Waals surface area contributed by atoms with Gasteiger partial charge in [-0.05, 0) is 75.3 Å². The Kier molecular flexibility index (Phi) is 9.47. The number of hydrogen-bond donors (Lipinski definition) is 4. The lowest BCUT2D eigenvalue weighted by Crippen LogP contribution is -2.29. The van der Waals surface area contributed by atoms with Gasteiger partial charge in [0.15, 0.2) is 4.90 Å². The number of rotatable bonds is 6. The lowest BCUT2D eigenvalue weighted by atomic mass is 9.98. The zero-order valence-electron chi connectivity index (χ0n) is 22.1. The fraction of sp³-hybridized carbons (Fsp3) is 0.385. The summed E-state index contributed by atoms with van der Waals surface area (Å²) >= 11 is 12.3. The third-order valence-electron chi connectivity index (χ3n) is 6.75. The Hall–Kier alpha value is -3.03. The molecule has 0 saturated carbocycles. The molecule has 216 valence electrons. The van der Waals surface area contributed by atoms with Gasteiger partial charge in [0, 0.05) is 42.6 Å². The second-order valence-corrected chi connectivity index (χ2v) is 12.5. The Labute approximate surface area is 242 Å². The number of aromatic amines is 2. The first kappa shape index (κ1) is 29.9. The van der Waals surface area contributed by atoms with Crippen LogP contribution in [0.25, 0.3) is 0 Å². The molecule has 0 unspecified atom stereocenters. The summed E-state index contributed by atoms with van der Waals surface area (Å²) in [4.78, 5) is 30.6. The van der Waals surface area contributed by atoms with E-state index in [0.717, 1.165) is 49.5 Å². The third-order valence-corrected chi connectivity index (χ3v) is 8.79. The van der Waals surface area contributed by atoms with Gasteiger partial charge in [0.25, 0.3) is 15.6 Å². The van der Waals surface area contributed by atoms with Crippen molar-refractivity contribution in [2.75, 3.05) is 50.7 Å². The van der Waals surface area contributed by atoms with Crippen molar-refractivity contribution in [1.29, 1.82) is 0 Å². The average molecular weight is 612 g/mol. The molecule has 2 saturated heterocycles. The first-order valence-electron chi connectivity index (χ1n) is 12.6. The molecule has 0 radical (unpaired) electrons. The number of hydrogen-bond acceptors (Lipinski definition) is 8. The molecule has 0 amide bonds. The van der Waals surface area contributed by atoms with E-state index >= 15 is 0 Å². The molecule has 5 N–H and O–H groups in total. The Balaban J connectivity index is 0.000000222. The standard InChI is InChI=1S/C15H17ClN4O5S.C11H15ClN2/c1-20-5-4-10(8-20)25-12-6-9(2-3-11(12)16)19-26(23,24)13-7-17-15(22)18-14(13)21;1-14-5-4-8(7-14)10-6-9(13)2-3-11(10)12/h2-3,6-7,10,19H,4-5,8H2,1H3,(H2,17,18,21,22);2-3,6,8H,4-5,7,13H2,1H3/t10-;8-/m10/s1. The molecule has 2 aromatic carbocycles. The molecule has 1 aromatic heterocycles. The first-order chi connectivity index (χ1) is 18.9. The number of nitrogens with two attached hydrogens (primary N) is 1. The summed E-state index contributed by atoms with van der Waals surface area (Å²) in [5.41, 5.74) is 6.14. The van der Waals surface area contributed by atoms with Crippen molar-refractivity contribution in [3.05, 3.63) is 79.0 Å². The highest BCUT2D eigenvalue weighted by Crippen LogP contribution is 2.33. The summed E-state index contributed by atoms with van der Waals surface area (Å²) in [6.07, 6.45) is 2.83. The van der Waals surface area contributed by atoms with Crippen molar-refractivity contribution in [3.8, 4) is 5.75 Å². The van der Waals surface area contributed by atoms with Gasteiger partial charge in [-0.3, -0.25) is 14.5 Å². The maximum atomic E-state index is 12.4. The monoisotopic (exact) mass is 610 g/mol. The van der Waals surface area contributed by atoms with E-state index in [1.165, 1.54) is 30.2 Å². The van der Waals surface area contributed by atoms with E-state index in [0.29, 0.717) is 16.7 Å². The number of nitrogens with one attached hydrogen (secondary N) is 3. The minimum absolute atomic E-state index is 0.0357. The highest BCUT2D eigenvalue weighted by molar-refractivity contribution is 7.92. The lowest BCUT2D eigenvalue weighted by Gasteiger charge is -2.16. The normalized spacial score (nSPS) is 19.7. The van der Waals surface area contributed by atoms with Crippen LogP contribution in [-0.4, -0.2) is 74.6 Å². The molecule has 0 spiro atoms. The quantitative estimate of drug-likeness (QED) is 0.311. The van der Waals surface area contributed by atoms with Gasteiger partial charge in [-0.1, -0.05) is 23.2 Å². The summed E-state index contributed by atoms with van der Waals surface area (Å²) in [5.74, 6) is 0.901. The van der Waals surface area contributed by atoms with Crippen LogP contribution in [0.4, 0.5) is 11.4 Å². The molecule has 2 aliphatic heterocycles. The predicted octanol–water partition coefficient (Wildman–Crippen LogP) is 2.94. The summed E-state index contributed by atoms with van der Waals surface area (Å²) in [5, 5.41) is 1.20. The number of anilines is 2. The highest BCUT2D eigenvalue weighted by Gasteiger charge is 2.24. The zero-order valence-corrected chi connectivity index (χ0v) is 24.4. The molecule has 2 fully saturated rings. The van der Waals surface area contributed by atoms with E-state index < -0.39 is 26.2 Å². The summed E-state index contributed by atoms with van der Waals surface area (Å²) < 4.78 is 32.9. The fourth-order valence-corrected chi connectivity index (χ4v) is 6.19. The molecular formula is C26H32Cl2N6O5S. The first-order valence-corrected chi connectivity index (χ1v) is 14.9. The number of nitrogen functional groups attached to an aromatic ring is 1. The predicted molar refractivity (Wildman–Crippen MR) is 157 cm³/mol. The van der Waals surface area contributed by atoms with Crippen LogP contribution in [0.15, 0.2) is 57.1 Å². The minimum atomic E-state index is -4.20. The highest BCUT2D eigenvalue weighted by atomic mass is 35.5. The van der Waals surface area contributed by atoms with E-state index in [4.69, 9.17) is 33.7 Å². The van der Waals surface area contributed by atoms with Crippen molar-refractivity contribution >= 4 is 44.6 Å². The fourth-order valence-electron chi connectivity index (χ4n) is 4.70. The number of likely N-dealkylation sites (N-methyl/N-ethyl adjacent to an activating group) is 2. The molecular weight excluding hydrogens is 579 g/mol. The SMILES string of the molecule is CN1CC[C@@H](Oc2cc(NS(=O)(=O)c3c[nH]c(=O)[nH]c3=O)ccc2Cl)C1.CN1CC[C@H](c2cc(N)ccc2Cl)C1. The smallest absolute Gasteiger partial charge is 0.325 e. The number of nitrogens with zero attached hydrogens (tertiary/aromatic N) is 2. The van der Waals surface area contributed by atoms with Crippen molar-refractivity contribution in [1.82, 2.24) is 19.8 Å². The molecule has 0 aliphatic carbocycles. The molecule has 3 heterocycles. The molecule has 40 heavy (non-hydrogen) atoms. The van der Waals surface area contributed by atoms with E-state index in [2.05, 4.69) is 26.6 Å². The van der Waals surface area contributed by atoms with Crippen molar-refractivity contribution in [3.63, 3.8) is 0 Å². The number of sulfonamides is 1. The topological polar surface area (TPSA) is 154 Å². The van der Waals surface area contributed by atoms with Gasteiger partial charge in [0.1, 0.15) is 11.9 Å². The number of likely N-dealkylation sites (tertiary alicyclic amines) is 2. The van der Waals surface area contributed by atoms with Gasteiger partial charge in [0.05, 0.1) is 10.7 Å². The molecule has 3 aromatic rings. The number of ether oxygens (including phenoxy) is 1. The van der Waals surface area contributed by atoms with Crippen LogP contribution in [0.3, 0.4) is 0 Å². The Morgan fingerprint density at radius 1 is 1.00 bits per heavy atom. The van der Waals surface area contributed by atoms with Crippen LogP contribution in [0.5, 0.6) is 5.75 Å². The van der Waals surface area contributed by atoms with Crippen molar-refractivity contribution < 1.29 is 13.2 Å². The largest absolute Gasteiger partial charge is 0.487 e. The Morgan fingerprint density at radius 2 is 1.70 bits per heavy atom. The van der Waals surface area contributed by atoms with Gasteiger partial charge < -0.3 is 25.3 Å². The van der Waals surface area contributed by atoms with Crippen LogP contribution in [0.2, 0.25) is 10.0 Å². The maximum Gasteiger partial charge on any atom is 0.325 e. The van der Waals surface area contributed by atoms with Gasteiger partial charge in [-0.25, -0.2) is 13.2 Å². The summed E-state index contributed by atoms with van der Waals surface area (Å²) in [7, 11) is -0.0747. The van der Waals surface area contributed by atoms with Crippen LogP contribution in [-0.2, 0) is 10.0 Å². The Morgan fingerprint density at radius 3 is 2.35 bits per heavy atom. The zero-order chi connectivity index (χ0) is 29.0. The van der Waals surface area contributed by atoms with Crippen molar-refractivity contribution in [2.45, 2.75) is 29.8 Å². The second-order valence-electron chi connectivity index (χ2n) is 10.0. The summed E-state index contributed by atoms with van der Waals surface area (Å²) in [6, 6.07) is 10.2. The van der Waals surface area contributed by atoms with E-state index in [9.17, 15) is 18.0 Å². The van der Waals surface area contributed by atoms with Crippen LogP contribution in [0, 0.1) is 0 Å². The average Bonchev–Trinajstić information content (AvgIpc) is 3.50.